The van der Waals surface area contributed by atoms with Crippen molar-refractivity contribution in [3.8, 4) is 0 Å². The van der Waals surface area contributed by atoms with Crippen LogP contribution in [0.4, 0.5) is 5.00 Å². The number of imidazole rings is 1. The summed E-state index contributed by atoms with van der Waals surface area (Å²) in [4.78, 5) is 17.7. The van der Waals surface area contributed by atoms with Gasteiger partial charge in [-0.25, -0.2) is 4.98 Å². The zero-order chi connectivity index (χ0) is 14.0. The van der Waals surface area contributed by atoms with Gasteiger partial charge in [0.2, 0.25) is 0 Å². The lowest BCUT2D eigenvalue weighted by molar-refractivity contribution is 0.100. The fraction of sp³-hybridized carbons (Fsp3) is 0.200. The van der Waals surface area contributed by atoms with Crippen LogP contribution in [0.15, 0.2) is 22.7 Å². The highest BCUT2D eigenvalue weighted by Crippen LogP contribution is 2.25. The Balaban J connectivity index is 2.31. The number of H-pyrrole nitrogens is 1. The van der Waals surface area contributed by atoms with Crippen LogP contribution >= 0.6 is 11.3 Å². The standard InChI is InChI=1S/C10H12N4O3S2/c1-2-7-12-5-8(13-7)19(16,17)14-10-6(9(11)15)3-4-18-10/h3-5,14H,2H2,1H3,(H2,11,15)(H,12,13). The third kappa shape index (κ3) is 2.76. The number of sulfonamides is 1. The number of aromatic nitrogens is 2. The lowest BCUT2D eigenvalue weighted by atomic mass is 10.3. The summed E-state index contributed by atoms with van der Waals surface area (Å²) < 4.78 is 26.5. The van der Waals surface area contributed by atoms with Crippen molar-refractivity contribution in [2.75, 3.05) is 4.72 Å². The molecule has 19 heavy (non-hydrogen) atoms. The first kappa shape index (κ1) is 13.6. The fourth-order valence-corrected chi connectivity index (χ4v) is 3.48. The van der Waals surface area contributed by atoms with E-state index in [1.165, 1.54) is 12.3 Å². The highest BCUT2D eigenvalue weighted by atomic mass is 32.2. The molecule has 2 rings (SSSR count). The van der Waals surface area contributed by atoms with Crippen molar-refractivity contribution < 1.29 is 13.2 Å². The number of hydrogen-bond donors (Lipinski definition) is 3. The summed E-state index contributed by atoms with van der Waals surface area (Å²) in [5, 5.41) is 1.73. The third-order valence-electron chi connectivity index (χ3n) is 2.39. The Bertz CT molecular complexity index is 702. The smallest absolute Gasteiger partial charge is 0.279 e. The number of nitrogens with zero attached hydrogens (tertiary/aromatic N) is 1. The molecule has 7 nitrogen and oxygen atoms in total. The van der Waals surface area contributed by atoms with Crippen LogP contribution < -0.4 is 10.5 Å². The molecule has 0 aromatic carbocycles. The molecule has 0 saturated carbocycles. The Morgan fingerprint density at radius 3 is 2.89 bits per heavy atom. The van der Waals surface area contributed by atoms with Gasteiger partial charge in [0.1, 0.15) is 10.8 Å². The van der Waals surface area contributed by atoms with Crippen LogP contribution in [0.1, 0.15) is 23.1 Å². The molecule has 4 N–H and O–H groups in total. The Kier molecular flexibility index (Phi) is 3.58. The number of anilines is 1. The summed E-state index contributed by atoms with van der Waals surface area (Å²) in [5.41, 5.74) is 5.30. The zero-order valence-corrected chi connectivity index (χ0v) is 11.6. The minimum Gasteiger partial charge on any atom is -0.366 e. The second kappa shape index (κ2) is 5.02. The van der Waals surface area contributed by atoms with Crippen molar-refractivity contribution in [2.24, 2.45) is 5.73 Å². The van der Waals surface area contributed by atoms with E-state index in [1.807, 2.05) is 6.92 Å². The molecule has 0 aliphatic heterocycles. The molecule has 0 radical (unpaired) electrons. The predicted octanol–water partition coefficient (Wildman–Crippen LogP) is 0.933. The quantitative estimate of drug-likeness (QED) is 0.761. The number of amides is 1. The number of nitrogens with one attached hydrogen (secondary N) is 2. The Morgan fingerprint density at radius 1 is 1.58 bits per heavy atom. The lowest BCUT2D eigenvalue weighted by Gasteiger charge is -2.05. The number of carbonyl (C=O) groups is 1. The van der Waals surface area contributed by atoms with E-state index < -0.39 is 15.9 Å². The van der Waals surface area contributed by atoms with E-state index in [9.17, 15) is 13.2 Å². The average molecular weight is 300 g/mol. The Labute approximate surface area is 113 Å². The summed E-state index contributed by atoms with van der Waals surface area (Å²) >= 11 is 1.09. The van der Waals surface area contributed by atoms with Gasteiger partial charge in [0.05, 0.1) is 11.8 Å². The molecule has 0 atom stereocenters. The van der Waals surface area contributed by atoms with Gasteiger partial charge in [0, 0.05) is 6.42 Å². The van der Waals surface area contributed by atoms with Crippen LogP contribution in [-0.2, 0) is 16.4 Å². The minimum atomic E-state index is -3.79. The number of hydrogen-bond acceptors (Lipinski definition) is 5. The van der Waals surface area contributed by atoms with Crippen LogP contribution in [-0.4, -0.2) is 24.3 Å². The first-order valence-electron chi connectivity index (χ1n) is 5.38. The molecule has 2 aromatic rings. The van der Waals surface area contributed by atoms with Crippen LogP contribution in [0, 0.1) is 0 Å². The van der Waals surface area contributed by atoms with Crippen molar-refractivity contribution >= 4 is 32.3 Å². The number of carbonyl (C=O) groups excluding carboxylic acids is 1. The lowest BCUT2D eigenvalue weighted by Crippen LogP contribution is -2.17. The molecule has 2 heterocycles. The molecule has 2 aromatic heterocycles. The maximum absolute atomic E-state index is 12.1. The molecule has 0 bridgehead atoms. The van der Waals surface area contributed by atoms with Crippen LogP contribution in [0.2, 0.25) is 0 Å². The number of aromatic amines is 1. The summed E-state index contributed by atoms with van der Waals surface area (Å²) in [6.45, 7) is 1.85. The second-order valence-electron chi connectivity index (χ2n) is 3.68. The van der Waals surface area contributed by atoms with Crippen molar-refractivity contribution in [1.82, 2.24) is 9.97 Å². The highest BCUT2D eigenvalue weighted by Gasteiger charge is 2.20. The molecule has 0 aliphatic rings. The van der Waals surface area contributed by atoms with Gasteiger partial charge in [0.25, 0.3) is 15.9 Å². The molecule has 0 aliphatic carbocycles. The summed E-state index contributed by atoms with van der Waals surface area (Å²) in [6, 6.07) is 1.47. The van der Waals surface area contributed by atoms with Gasteiger partial charge in [-0.2, -0.15) is 8.42 Å². The number of thiophene rings is 1. The largest absolute Gasteiger partial charge is 0.366 e. The van der Waals surface area contributed by atoms with Crippen molar-refractivity contribution in [2.45, 2.75) is 18.4 Å². The topological polar surface area (TPSA) is 118 Å². The number of aryl methyl sites for hydroxylation is 1. The fourth-order valence-electron chi connectivity index (χ4n) is 1.42. The van der Waals surface area contributed by atoms with E-state index in [0.717, 1.165) is 11.3 Å². The van der Waals surface area contributed by atoms with Crippen LogP contribution in [0.5, 0.6) is 0 Å². The Morgan fingerprint density at radius 2 is 2.32 bits per heavy atom. The van der Waals surface area contributed by atoms with Gasteiger partial charge in [-0.15, -0.1) is 11.3 Å². The van der Waals surface area contributed by atoms with Gasteiger partial charge in [-0.05, 0) is 11.4 Å². The van der Waals surface area contributed by atoms with Crippen molar-refractivity contribution in [1.29, 1.82) is 0 Å². The molecular weight excluding hydrogens is 288 g/mol. The van der Waals surface area contributed by atoms with E-state index in [4.69, 9.17) is 5.73 Å². The maximum atomic E-state index is 12.1. The van der Waals surface area contributed by atoms with E-state index in [0.29, 0.717) is 12.2 Å². The van der Waals surface area contributed by atoms with Gasteiger partial charge < -0.3 is 10.7 Å². The van der Waals surface area contributed by atoms with Gasteiger partial charge in [-0.3, -0.25) is 9.52 Å². The van der Waals surface area contributed by atoms with Crippen LogP contribution in [0.25, 0.3) is 0 Å². The number of primary amides is 1. The highest BCUT2D eigenvalue weighted by molar-refractivity contribution is 7.92. The molecule has 0 unspecified atom stereocenters. The molecule has 9 heteroatoms. The molecule has 1 amide bonds. The second-order valence-corrected chi connectivity index (χ2v) is 6.25. The van der Waals surface area contributed by atoms with E-state index in [1.54, 1.807) is 5.38 Å². The van der Waals surface area contributed by atoms with Crippen LogP contribution in [0.3, 0.4) is 0 Å². The SMILES string of the molecule is CCc1ncc(S(=O)(=O)Nc2sccc2C(N)=O)[nH]1. The molecular formula is C10H12N4O3S2. The van der Waals surface area contributed by atoms with Gasteiger partial charge >= 0.3 is 0 Å². The van der Waals surface area contributed by atoms with Gasteiger partial charge in [-0.1, -0.05) is 6.92 Å². The normalized spacial score (nSPS) is 11.4. The molecule has 0 saturated heterocycles. The van der Waals surface area contributed by atoms with Crippen molar-refractivity contribution in [3.63, 3.8) is 0 Å². The molecule has 102 valence electrons. The summed E-state index contributed by atoms with van der Waals surface area (Å²) in [7, 11) is -3.79. The van der Waals surface area contributed by atoms with Gasteiger partial charge in [0.15, 0.2) is 5.03 Å². The molecule has 0 spiro atoms. The third-order valence-corrected chi connectivity index (χ3v) is 4.61. The van der Waals surface area contributed by atoms with E-state index >= 15 is 0 Å². The molecule has 0 fully saturated rings. The summed E-state index contributed by atoms with van der Waals surface area (Å²) in [6.07, 6.45) is 1.83. The van der Waals surface area contributed by atoms with E-state index in [2.05, 4.69) is 14.7 Å². The number of nitrogens with two attached hydrogens (primary N) is 1. The average Bonchev–Trinajstić information content (AvgIpc) is 2.95. The number of rotatable bonds is 5. The monoisotopic (exact) mass is 300 g/mol. The summed E-state index contributed by atoms with van der Waals surface area (Å²) in [5.74, 6) is -0.112. The maximum Gasteiger partial charge on any atom is 0.279 e. The zero-order valence-electron chi connectivity index (χ0n) is 10.0. The van der Waals surface area contributed by atoms with E-state index in [-0.39, 0.29) is 15.6 Å². The predicted molar refractivity (Wildman–Crippen MR) is 71.6 cm³/mol. The first-order valence-corrected chi connectivity index (χ1v) is 7.74. The van der Waals surface area contributed by atoms with Crippen molar-refractivity contribution in [3.05, 3.63) is 29.0 Å². The Hall–Kier alpha value is -1.87. The minimum absolute atomic E-state index is 0.0480. The first-order chi connectivity index (χ1) is 8.94.